The van der Waals surface area contributed by atoms with Gasteiger partial charge in [0.1, 0.15) is 16.2 Å². The zero-order chi connectivity index (χ0) is 40.1. The van der Waals surface area contributed by atoms with Crippen LogP contribution in [0.5, 0.6) is 0 Å². The van der Waals surface area contributed by atoms with Gasteiger partial charge in [-0.05, 0) is 63.9 Å². The highest BCUT2D eigenvalue weighted by molar-refractivity contribution is 14.1. The average Bonchev–Trinajstić information content (AvgIpc) is 3.92. The molecule has 0 saturated carbocycles. The number of aryl methyl sites for hydroxylation is 1. The standard InChI is InChI=1S/C13H9F3N4O.C13H12N4O.C12H9IN4O/c14-13(15,16)10-4-2-1-3-8(10)5-20-6-9-11(19-20)17-7-18-12(9)21;1-9-4-2-3-5-10(9)6-17-7-11-12(16-17)14-8-15-13(11)18;13-10-4-2-1-3-8(10)5-17-6-9-11(16-17)14-7-15-12(9)18/h1-4,6-7H,5H2,(H,17,18,19,21);2-5,7-8H,6H2,1H3,(H,14,15,16,18);1-4,6-7H,5H2,(H,14,15,16,18). The van der Waals surface area contributed by atoms with Gasteiger partial charge < -0.3 is 15.0 Å². The van der Waals surface area contributed by atoms with Crippen molar-refractivity contribution in [3.8, 4) is 0 Å². The lowest BCUT2D eigenvalue weighted by Crippen LogP contribution is -2.11. The molecule has 6 aromatic heterocycles. The first-order valence-electron chi connectivity index (χ1n) is 17.1. The number of aromatic nitrogens is 12. The van der Waals surface area contributed by atoms with Crippen LogP contribution in [0.15, 0.2) is 125 Å². The maximum absolute atomic E-state index is 12.9. The molecule has 3 N–H and O–H groups in total. The smallest absolute Gasteiger partial charge is 0.312 e. The van der Waals surface area contributed by atoms with Crippen LogP contribution >= 0.6 is 22.6 Å². The van der Waals surface area contributed by atoms with E-state index < -0.39 is 11.7 Å². The lowest BCUT2D eigenvalue weighted by Gasteiger charge is -2.12. The molecule has 0 atom stereocenters. The summed E-state index contributed by atoms with van der Waals surface area (Å²) >= 11 is 2.29. The number of fused-ring (bicyclic) bond motifs is 3. The summed E-state index contributed by atoms with van der Waals surface area (Å²) < 4.78 is 44.7. The van der Waals surface area contributed by atoms with Crippen molar-refractivity contribution in [2.75, 3.05) is 0 Å². The largest absolute Gasteiger partial charge is 0.416 e. The van der Waals surface area contributed by atoms with Gasteiger partial charge in [-0.3, -0.25) is 28.4 Å². The van der Waals surface area contributed by atoms with Crippen molar-refractivity contribution in [1.29, 1.82) is 0 Å². The van der Waals surface area contributed by atoms with Crippen molar-refractivity contribution >= 4 is 55.7 Å². The molecule has 9 aromatic rings. The first-order chi connectivity index (χ1) is 27.4. The highest BCUT2D eigenvalue weighted by Crippen LogP contribution is 2.32. The van der Waals surface area contributed by atoms with Crippen molar-refractivity contribution in [3.63, 3.8) is 0 Å². The zero-order valence-electron chi connectivity index (χ0n) is 29.8. The normalized spacial score (nSPS) is 11.3. The predicted molar refractivity (Wildman–Crippen MR) is 214 cm³/mol. The fourth-order valence-corrected chi connectivity index (χ4v) is 6.36. The summed E-state index contributed by atoms with van der Waals surface area (Å²) in [6.07, 6.45) is 4.35. The van der Waals surface area contributed by atoms with Gasteiger partial charge in [-0.25, -0.2) is 15.0 Å². The van der Waals surface area contributed by atoms with E-state index in [4.69, 9.17) is 0 Å². The monoisotopic (exact) mass is 886 g/mol. The topological polar surface area (TPSA) is 191 Å². The van der Waals surface area contributed by atoms with E-state index in [0.29, 0.717) is 35.2 Å². The average molecular weight is 887 g/mol. The molecule has 0 aliphatic rings. The molecular formula is C38H30F3IN12O3. The van der Waals surface area contributed by atoms with E-state index in [-0.39, 0.29) is 39.8 Å². The Morgan fingerprint density at radius 3 is 1.39 bits per heavy atom. The summed E-state index contributed by atoms with van der Waals surface area (Å²) in [5.41, 5.74) is 3.38. The van der Waals surface area contributed by atoms with Crippen molar-refractivity contribution < 1.29 is 13.2 Å². The van der Waals surface area contributed by atoms with E-state index in [9.17, 15) is 27.6 Å². The second-order valence-corrected chi connectivity index (χ2v) is 13.7. The molecule has 0 bridgehead atoms. The first-order valence-corrected chi connectivity index (χ1v) is 18.2. The van der Waals surface area contributed by atoms with Gasteiger partial charge in [-0.2, -0.15) is 28.5 Å². The third kappa shape index (κ3) is 9.04. The van der Waals surface area contributed by atoms with Gasteiger partial charge in [0, 0.05) is 22.2 Å². The molecule has 0 spiro atoms. The summed E-state index contributed by atoms with van der Waals surface area (Å²) in [5, 5.41) is 13.9. The van der Waals surface area contributed by atoms with E-state index in [1.54, 1.807) is 21.8 Å². The molecule has 3 aromatic carbocycles. The minimum absolute atomic E-state index is 0.0780. The Labute approximate surface area is 332 Å². The molecule has 19 heteroatoms. The van der Waals surface area contributed by atoms with Crippen LogP contribution in [0.3, 0.4) is 0 Å². The van der Waals surface area contributed by atoms with E-state index in [0.717, 1.165) is 6.07 Å². The number of nitrogens with one attached hydrogen (secondary N) is 3. The summed E-state index contributed by atoms with van der Waals surface area (Å²) in [5.74, 6) is 0. The second kappa shape index (κ2) is 16.5. The van der Waals surface area contributed by atoms with Gasteiger partial charge in [0.15, 0.2) is 16.9 Å². The second-order valence-electron chi connectivity index (χ2n) is 12.6. The Balaban J connectivity index is 0.000000131. The van der Waals surface area contributed by atoms with E-state index in [1.807, 2.05) is 36.4 Å². The third-order valence-electron chi connectivity index (χ3n) is 8.65. The lowest BCUT2D eigenvalue weighted by atomic mass is 10.1. The summed E-state index contributed by atoms with van der Waals surface area (Å²) in [6.45, 7) is 3.24. The number of nitrogens with zero attached hydrogens (tertiary/aromatic N) is 9. The molecule has 57 heavy (non-hydrogen) atoms. The Kier molecular flexibility index (Phi) is 11.2. The highest BCUT2D eigenvalue weighted by atomic mass is 127. The van der Waals surface area contributed by atoms with Crippen molar-refractivity contribution in [2.24, 2.45) is 0 Å². The number of alkyl halides is 3. The van der Waals surface area contributed by atoms with Crippen LogP contribution in [-0.2, 0) is 25.8 Å². The van der Waals surface area contributed by atoms with Gasteiger partial charge >= 0.3 is 6.18 Å². The quantitative estimate of drug-likeness (QED) is 0.183. The first kappa shape index (κ1) is 38.5. The van der Waals surface area contributed by atoms with Gasteiger partial charge in [0.2, 0.25) is 0 Å². The molecule has 15 nitrogen and oxygen atoms in total. The fraction of sp³-hybridized carbons (Fsp3) is 0.132. The molecule has 288 valence electrons. The van der Waals surface area contributed by atoms with Gasteiger partial charge in [-0.15, -0.1) is 0 Å². The number of halogens is 4. The van der Waals surface area contributed by atoms with Crippen molar-refractivity contribution in [1.82, 2.24) is 59.2 Å². The Morgan fingerprint density at radius 2 is 0.947 bits per heavy atom. The molecule has 6 heterocycles. The number of benzene rings is 3. The van der Waals surface area contributed by atoms with Crippen molar-refractivity contribution in [3.05, 3.63) is 173 Å². The third-order valence-corrected chi connectivity index (χ3v) is 9.70. The Hall–Kier alpha value is -6.77. The highest BCUT2D eigenvalue weighted by Gasteiger charge is 2.33. The minimum Gasteiger partial charge on any atom is -0.312 e. The molecule has 0 amide bonds. The Morgan fingerprint density at radius 1 is 0.561 bits per heavy atom. The summed E-state index contributed by atoms with van der Waals surface area (Å²) in [6, 6.07) is 21.5. The van der Waals surface area contributed by atoms with Crippen molar-refractivity contribution in [2.45, 2.75) is 32.7 Å². The molecule has 0 unspecified atom stereocenters. The van der Waals surface area contributed by atoms with E-state index >= 15 is 0 Å². The van der Waals surface area contributed by atoms with E-state index in [2.05, 4.69) is 86.8 Å². The minimum atomic E-state index is -4.43. The van der Waals surface area contributed by atoms with Crippen LogP contribution in [0, 0.1) is 10.5 Å². The lowest BCUT2D eigenvalue weighted by molar-refractivity contribution is -0.138. The molecule has 0 aliphatic heterocycles. The molecular weight excluding hydrogens is 856 g/mol. The van der Waals surface area contributed by atoms with Crippen LogP contribution < -0.4 is 16.7 Å². The van der Waals surface area contributed by atoms with E-state index in [1.165, 1.54) is 68.3 Å². The molecule has 0 saturated heterocycles. The number of rotatable bonds is 6. The zero-order valence-corrected chi connectivity index (χ0v) is 31.9. The van der Waals surface area contributed by atoms with Gasteiger partial charge in [0.05, 0.1) is 44.2 Å². The number of H-pyrrole nitrogens is 3. The maximum Gasteiger partial charge on any atom is 0.416 e. The van der Waals surface area contributed by atoms with Crippen LogP contribution in [-0.4, -0.2) is 59.2 Å². The number of hydrogen-bond donors (Lipinski definition) is 3. The van der Waals surface area contributed by atoms with Gasteiger partial charge in [-0.1, -0.05) is 60.7 Å². The van der Waals surface area contributed by atoms with Crippen LogP contribution in [0.2, 0.25) is 0 Å². The fourth-order valence-electron chi connectivity index (χ4n) is 5.80. The Bertz CT molecular complexity index is 2890. The summed E-state index contributed by atoms with van der Waals surface area (Å²) in [4.78, 5) is 54.1. The van der Waals surface area contributed by atoms with Crippen LogP contribution in [0.25, 0.3) is 33.1 Å². The SMILES string of the molecule is Cc1ccccc1Cn1cc2c(=O)[nH]cnc2n1.O=c1[nH]cnc2nn(Cc3ccccc3C(F)(F)F)cc12.O=c1[nH]cnc2nn(Cc3ccccc3I)cc12. The number of hydrogen-bond acceptors (Lipinski definition) is 9. The maximum atomic E-state index is 12.9. The molecule has 0 fully saturated rings. The predicted octanol–water partition coefficient (Wildman–Crippen LogP) is 5.44. The number of aromatic amines is 3. The van der Waals surface area contributed by atoms with Gasteiger partial charge in [0.25, 0.3) is 16.7 Å². The summed E-state index contributed by atoms with van der Waals surface area (Å²) in [7, 11) is 0. The molecule has 9 rings (SSSR count). The molecule has 0 radical (unpaired) electrons. The molecule has 0 aliphatic carbocycles. The van der Waals surface area contributed by atoms with Crippen LogP contribution in [0.4, 0.5) is 13.2 Å². The van der Waals surface area contributed by atoms with Crippen LogP contribution in [0.1, 0.15) is 27.8 Å².